The number of carbonyl (C=O) groups is 1. The van der Waals surface area contributed by atoms with Crippen LogP contribution in [0.5, 0.6) is 0 Å². The van der Waals surface area contributed by atoms with Crippen LogP contribution >= 0.6 is 0 Å². The molecule has 1 aliphatic rings. The highest BCUT2D eigenvalue weighted by Gasteiger charge is 2.13. The van der Waals surface area contributed by atoms with Gasteiger partial charge < -0.3 is 4.81 Å². The molecule has 1 fully saturated rings. The fraction of sp³-hybridized carbons (Fsp3) is 0.833. The molecular weight excluding hydrogens is 113 g/mol. The van der Waals surface area contributed by atoms with Crippen molar-refractivity contribution in [2.45, 2.75) is 19.7 Å². The van der Waals surface area contributed by atoms with Crippen LogP contribution in [0.15, 0.2) is 0 Å². The maximum atomic E-state index is 10.7. The van der Waals surface area contributed by atoms with E-state index in [0.717, 1.165) is 33.3 Å². The Balaban J connectivity index is 2.26. The molecule has 0 radical (unpaired) electrons. The summed E-state index contributed by atoms with van der Waals surface area (Å²) < 4.78 is 0. The van der Waals surface area contributed by atoms with E-state index < -0.39 is 0 Å². The Kier molecular flexibility index (Phi) is 2.28. The van der Waals surface area contributed by atoms with E-state index in [1.165, 1.54) is 0 Å². The zero-order valence-corrected chi connectivity index (χ0v) is 5.89. The van der Waals surface area contributed by atoms with Crippen LogP contribution in [-0.4, -0.2) is 31.1 Å². The first-order chi connectivity index (χ1) is 4.33. The number of carbonyl (C=O) groups excluding carboxylic acids is 1. The highest BCUT2D eigenvalue weighted by atomic mass is 16.1. The Bertz CT molecular complexity index is 106. The molecule has 0 spiro atoms. The van der Waals surface area contributed by atoms with Gasteiger partial charge in [0.1, 0.15) is 5.78 Å². The monoisotopic (exact) mass is 125 g/mol. The quantitative estimate of drug-likeness (QED) is 0.461. The Morgan fingerprint density at radius 3 is 2.44 bits per heavy atom. The van der Waals surface area contributed by atoms with E-state index in [-0.39, 0.29) is 0 Å². The number of Topliss-reactive ketones (excluding diaryl/α,β-unsaturated/α-hetero) is 1. The molecule has 1 saturated heterocycles. The smallest absolute Gasteiger partial charge is 0.201 e. The van der Waals surface area contributed by atoms with E-state index in [1.54, 1.807) is 0 Å². The summed E-state index contributed by atoms with van der Waals surface area (Å²) in [6, 6.07) is 0. The van der Waals surface area contributed by atoms with Crippen LogP contribution in [0.3, 0.4) is 0 Å². The second-order valence-corrected chi connectivity index (χ2v) is 2.47. The van der Waals surface area contributed by atoms with Gasteiger partial charge >= 0.3 is 0 Å². The zero-order valence-electron chi connectivity index (χ0n) is 5.89. The molecule has 0 aromatic rings. The third kappa shape index (κ3) is 1.82. The third-order valence-corrected chi connectivity index (χ3v) is 1.86. The summed E-state index contributed by atoms with van der Waals surface area (Å²) in [6.45, 7) is 4.10. The second kappa shape index (κ2) is 3.02. The van der Waals surface area contributed by atoms with Crippen LogP contribution in [0, 0.1) is 0 Å². The summed E-state index contributed by atoms with van der Waals surface area (Å²) in [5.41, 5.74) is 0. The van der Waals surface area contributed by atoms with Crippen molar-refractivity contribution in [3.63, 3.8) is 0 Å². The van der Waals surface area contributed by atoms with Gasteiger partial charge in [-0.25, -0.2) is 0 Å². The molecule has 0 aliphatic carbocycles. The average molecular weight is 125 g/mol. The van der Waals surface area contributed by atoms with Crippen molar-refractivity contribution in [2.75, 3.05) is 13.1 Å². The normalized spacial score (nSPS) is 22.1. The molecule has 0 saturated carbocycles. The number of rotatable bonds is 1. The standard InChI is InChI=1S/C6H12BNO/c1-7-8-4-2-6(9)3-5-8/h7H,2-5H2,1H3. The fourth-order valence-electron chi connectivity index (χ4n) is 1.12. The van der Waals surface area contributed by atoms with Crippen molar-refractivity contribution in [3.05, 3.63) is 0 Å². The number of piperidine rings is 1. The predicted molar refractivity (Wildman–Crippen MR) is 38.8 cm³/mol. The van der Waals surface area contributed by atoms with Crippen molar-refractivity contribution in [2.24, 2.45) is 0 Å². The SMILES string of the molecule is CBN1CCC(=O)CC1. The molecule has 0 atom stereocenters. The average Bonchev–Trinajstić information content (AvgIpc) is 1.90. The van der Waals surface area contributed by atoms with Gasteiger partial charge in [-0.05, 0) is 13.1 Å². The highest BCUT2D eigenvalue weighted by molar-refractivity contribution is 6.30. The lowest BCUT2D eigenvalue weighted by Gasteiger charge is -2.23. The molecule has 0 unspecified atom stereocenters. The van der Waals surface area contributed by atoms with Gasteiger partial charge in [0.15, 0.2) is 0 Å². The van der Waals surface area contributed by atoms with Crippen LogP contribution in [0.25, 0.3) is 0 Å². The summed E-state index contributed by atoms with van der Waals surface area (Å²) in [4.78, 5) is 13.0. The van der Waals surface area contributed by atoms with E-state index in [1.807, 2.05) is 0 Å². The molecule has 0 amide bonds. The lowest BCUT2D eigenvalue weighted by molar-refractivity contribution is -0.120. The molecule has 50 valence electrons. The van der Waals surface area contributed by atoms with E-state index in [4.69, 9.17) is 0 Å². The maximum Gasteiger partial charge on any atom is 0.201 e. The molecule has 1 heterocycles. The number of hydrogen-bond donors (Lipinski definition) is 0. The van der Waals surface area contributed by atoms with Crippen LogP contribution in [-0.2, 0) is 4.79 Å². The topological polar surface area (TPSA) is 20.3 Å². The van der Waals surface area contributed by atoms with Crippen molar-refractivity contribution >= 4 is 13.2 Å². The zero-order chi connectivity index (χ0) is 6.69. The number of hydrogen-bond acceptors (Lipinski definition) is 2. The van der Waals surface area contributed by atoms with E-state index in [0.29, 0.717) is 5.78 Å². The third-order valence-electron chi connectivity index (χ3n) is 1.86. The predicted octanol–water partition coefficient (Wildman–Crippen LogP) is 0.0509. The van der Waals surface area contributed by atoms with Gasteiger partial charge in [-0.3, -0.25) is 4.79 Å². The van der Waals surface area contributed by atoms with Gasteiger partial charge in [0.2, 0.25) is 7.41 Å². The first kappa shape index (κ1) is 6.81. The van der Waals surface area contributed by atoms with Gasteiger partial charge in [-0.1, -0.05) is 6.82 Å². The summed E-state index contributed by atoms with van der Waals surface area (Å²) >= 11 is 0. The van der Waals surface area contributed by atoms with Crippen molar-refractivity contribution in [1.82, 2.24) is 4.81 Å². The van der Waals surface area contributed by atoms with Gasteiger partial charge in [-0.2, -0.15) is 0 Å². The second-order valence-electron chi connectivity index (χ2n) is 2.47. The van der Waals surface area contributed by atoms with Crippen LogP contribution in [0.4, 0.5) is 0 Å². The van der Waals surface area contributed by atoms with Crippen LogP contribution in [0.1, 0.15) is 12.8 Å². The molecule has 0 aromatic carbocycles. The van der Waals surface area contributed by atoms with Crippen LogP contribution in [0.2, 0.25) is 6.82 Å². The number of ketones is 1. The molecule has 1 rings (SSSR count). The Hall–Kier alpha value is -0.305. The summed E-state index contributed by atoms with van der Waals surface area (Å²) in [5.74, 6) is 0.430. The molecule has 0 N–H and O–H groups in total. The largest absolute Gasteiger partial charge is 0.344 e. The highest BCUT2D eigenvalue weighted by Crippen LogP contribution is 2.02. The minimum absolute atomic E-state index is 0.430. The minimum Gasteiger partial charge on any atom is -0.344 e. The van der Waals surface area contributed by atoms with Crippen LogP contribution < -0.4 is 0 Å². The van der Waals surface area contributed by atoms with Crippen molar-refractivity contribution in [3.8, 4) is 0 Å². The molecule has 1 aliphatic heterocycles. The Morgan fingerprint density at radius 2 is 2.00 bits per heavy atom. The minimum atomic E-state index is 0.430. The molecule has 0 aromatic heterocycles. The molecule has 0 bridgehead atoms. The molecule has 3 heteroatoms. The Labute approximate surface area is 56.5 Å². The first-order valence-electron chi connectivity index (χ1n) is 3.57. The Morgan fingerprint density at radius 1 is 1.44 bits per heavy atom. The summed E-state index contributed by atoms with van der Waals surface area (Å²) in [6.07, 6.45) is 1.54. The molecule has 2 nitrogen and oxygen atoms in total. The van der Waals surface area contributed by atoms with E-state index >= 15 is 0 Å². The van der Waals surface area contributed by atoms with Gasteiger partial charge in [0, 0.05) is 12.8 Å². The summed E-state index contributed by atoms with van der Waals surface area (Å²) in [7, 11) is 1.09. The summed E-state index contributed by atoms with van der Waals surface area (Å²) in [5, 5.41) is 0. The lowest BCUT2D eigenvalue weighted by Crippen LogP contribution is -2.35. The van der Waals surface area contributed by atoms with Gasteiger partial charge in [0.25, 0.3) is 0 Å². The number of nitrogens with zero attached hydrogens (tertiary/aromatic N) is 1. The molecular formula is C6H12BNO. The fourth-order valence-corrected chi connectivity index (χ4v) is 1.12. The van der Waals surface area contributed by atoms with E-state index in [9.17, 15) is 4.79 Å². The van der Waals surface area contributed by atoms with Crippen molar-refractivity contribution in [1.29, 1.82) is 0 Å². The van der Waals surface area contributed by atoms with Gasteiger partial charge in [0.05, 0.1) is 0 Å². The first-order valence-corrected chi connectivity index (χ1v) is 3.57. The molecule has 9 heavy (non-hydrogen) atoms. The van der Waals surface area contributed by atoms with Gasteiger partial charge in [-0.15, -0.1) is 0 Å². The van der Waals surface area contributed by atoms with E-state index in [2.05, 4.69) is 11.6 Å². The lowest BCUT2D eigenvalue weighted by atomic mass is 9.92. The maximum absolute atomic E-state index is 10.7. The van der Waals surface area contributed by atoms with Crippen molar-refractivity contribution < 1.29 is 4.79 Å².